The number of nitro benzene ring substituents is 1. The molecule has 150 valence electrons. The van der Waals surface area contributed by atoms with Gasteiger partial charge in [0.25, 0.3) is 11.6 Å². The van der Waals surface area contributed by atoms with Gasteiger partial charge in [-0.05, 0) is 5.56 Å². The van der Waals surface area contributed by atoms with Crippen molar-refractivity contribution in [2.75, 3.05) is 7.11 Å². The van der Waals surface area contributed by atoms with Crippen molar-refractivity contribution >= 4 is 22.9 Å². The van der Waals surface area contributed by atoms with Crippen molar-refractivity contribution in [3.63, 3.8) is 0 Å². The molecule has 10 heteroatoms. The molecule has 0 bridgehead atoms. The Hall–Kier alpha value is -3.50. The first kappa shape index (κ1) is 20.2. The molecule has 0 unspecified atom stereocenters. The van der Waals surface area contributed by atoms with Gasteiger partial charge in [-0.2, -0.15) is 0 Å². The predicted molar refractivity (Wildman–Crippen MR) is 105 cm³/mol. The third-order valence-electron chi connectivity index (χ3n) is 3.83. The van der Waals surface area contributed by atoms with E-state index in [0.717, 1.165) is 11.6 Å². The molecule has 1 N–H and O–H groups in total. The topological polar surface area (TPSA) is 113 Å². The molecule has 0 aliphatic heterocycles. The number of hydroxylamine groups is 1. The third kappa shape index (κ3) is 5.27. The van der Waals surface area contributed by atoms with Crippen LogP contribution < -0.4 is 15.0 Å². The summed E-state index contributed by atoms with van der Waals surface area (Å²) >= 11 is 1.41. The van der Waals surface area contributed by atoms with E-state index in [9.17, 15) is 14.9 Å². The second-order valence-corrected chi connectivity index (χ2v) is 6.47. The van der Waals surface area contributed by atoms with Crippen molar-refractivity contribution in [2.24, 2.45) is 0 Å². The summed E-state index contributed by atoms with van der Waals surface area (Å²) in [5, 5.41) is 13.3. The largest absolute Gasteiger partial charge is 0.493 e. The van der Waals surface area contributed by atoms with Crippen LogP contribution in [-0.4, -0.2) is 22.9 Å². The van der Waals surface area contributed by atoms with Crippen LogP contribution in [0, 0.1) is 10.1 Å². The predicted octanol–water partition coefficient (Wildman–Crippen LogP) is 3.50. The Labute approximate surface area is 170 Å². The van der Waals surface area contributed by atoms with E-state index < -0.39 is 16.5 Å². The van der Waals surface area contributed by atoms with Gasteiger partial charge in [0.1, 0.15) is 12.2 Å². The average Bonchev–Trinajstić information content (AvgIpc) is 3.26. The molecule has 0 aliphatic carbocycles. The number of nitro groups is 1. The Morgan fingerprint density at radius 1 is 1.21 bits per heavy atom. The monoisotopic (exact) mass is 415 g/mol. The first-order valence-corrected chi connectivity index (χ1v) is 9.35. The number of benzene rings is 2. The zero-order valence-corrected chi connectivity index (χ0v) is 16.2. The molecule has 3 aromatic rings. The normalized spacial score (nSPS) is 10.4. The number of hydrogen-bond donors (Lipinski definition) is 1. The second-order valence-electron chi connectivity index (χ2n) is 5.75. The fraction of sp³-hybridized carbons (Fsp3) is 0.158. The fourth-order valence-corrected chi connectivity index (χ4v) is 2.97. The smallest absolute Gasteiger partial charge is 0.286 e. The van der Waals surface area contributed by atoms with E-state index >= 15 is 0 Å². The Morgan fingerprint density at radius 3 is 2.66 bits per heavy atom. The van der Waals surface area contributed by atoms with Crippen LogP contribution in [0.4, 0.5) is 5.69 Å². The number of hydrogen-bond acceptors (Lipinski definition) is 8. The summed E-state index contributed by atoms with van der Waals surface area (Å²) in [5.74, 6) is -0.454. The molecular formula is C19H17N3O6S. The summed E-state index contributed by atoms with van der Waals surface area (Å²) in [6.07, 6.45) is 0. The molecule has 0 saturated carbocycles. The van der Waals surface area contributed by atoms with Crippen molar-refractivity contribution < 1.29 is 24.0 Å². The zero-order chi connectivity index (χ0) is 20.6. The molecule has 29 heavy (non-hydrogen) atoms. The van der Waals surface area contributed by atoms with E-state index in [0.29, 0.717) is 5.69 Å². The zero-order valence-electron chi connectivity index (χ0n) is 15.4. The van der Waals surface area contributed by atoms with Crippen LogP contribution in [0.2, 0.25) is 0 Å². The Bertz CT molecular complexity index is 979. The lowest BCUT2D eigenvalue weighted by Crippen LogP contribution is -2.24. The highest BCUT2D eigenvalue weighted by Crippen LogP contribution is 2.35. The highest BCUT2D eigenvalue weighted by Gasteiger charge is 2.25. The van der Waals surface area contributed by atoms with Crippen LogP contribution in [0.1, 0.15) is 21.6 Å². The lowest BCUT2D eigenvalue weighted by Gasteiger charge is -2.12. The minimum absolute atomic E-state index is 0.114. The highest BCUT2D eigenvalue weighted by atomic mass is 32.1. The fourth-order valence-electron chi connectivity index (χ4n) is 2.43. The molecule has 2 aromatic carbocycles. The maximum Gasteiger partial charge on any atom is 0.286 e. The van der Waals surface area contributed by atoms with Crippen molar-refractivity contribution in [3.05, 3.63) is 80.3 Å². The van der Waals surface area contributed by atoms with Crippen LogP contribution in [0.25, 0.3) is 0 Å². The summed E-state index contributed by atoms with van der Waals surface area (Å²) < 4.78 is 10.8. The minimum atomic E-state index is -0.767. The number of methoxy groups -OCH3 is 1. The third-order valence-corrected chi connectivity index (χ3v) is 4.46. The van der Waals surface area contributed by atoms with E-state index in [-0.39, 0.29) is 30.3 Å². The summed E-state index contributed by atoms with van der Waals surface area (Å²) in [4.78, 5) is 32.5. The number of thiazole rings is 1. The maximum absolute atomic E-state index is 12.4. The standard InChI is InChI=1S/C19H17N3O6S/c1-26-17-7-15(19(23)21-28-9-13-5-3-2-4-6-13)16(22(24)25)8-18(17)27-10-14-11-29-12-20-14/h2-8,11-12H,9-10H2,1H3,(H,21,23). The van der Waals surface area contributed by atoms with Gasteiger partial charge in [0.2, 0.25) is 0 Å². The minimum Gasteiger partial charge on any atom is -0.493 e. The van der Waals surface area contributed by atoms with Gasteiger partial charge in [-0.3, -0.25) is 19.7 Å². The summed E-state index contributed by atoms with van der Waals surface area (Å²) in [6, 6.07) is 11.6. The van der Waals surface area contributed by atoms with Crippen molar-refractivity contribution in [1.82, 2.24) is 10.5 Å². The number of ether oxygens (including phenoxy) is 2. The van der Waals surface area contributed by atoms with Crippen LogP contribution in [-0.2, 0) is 18.1 Å². The van der Waals surface area contributed by atoms with Gasteiger partial charge in [-0.15, -0.1) is 11.3 Å². The van der Waals surface area contributed by atoms with Gasteiger partial charge in [-0.1, -0.05) is 30.3 Å². The van der Waals surface area contributed by atoms with Crippen LogP contribution in [0.3, 0.4) is 0 Å². The van der Waals surface area contributed by atoms with Gasteiger partial charge in [0.15, 0.2) is 11.5 Å². The van der Waals surface area contributed by atoms with E-state index in [4.69, 9.17) is 14.3 Å². The average molecular weight is 415 g/mol. The van der Waals surface area contributed by atoms with E-state index in [2.05, 4.69) is 10.5 Å². The summed E-state index contributed by atoms with van der Waals surface area (Å²) in [6.45, 7) is 0.231. The molecular weight excluding hydrogens is 398 g/mol. The number of carbonyl (C=O) groups excluding carboxylic acids is 1. The molecule has 3 rings (SSSR count). The number of carbonyl (C=O) groups is 1. The number of aromatic nitrogens is 1. The SMILES string of the molecule is COc1cc(C(=O)NOCc2ccccc2)c([N+](=O)[O-])cc1OCc1cscn1. The van der Waals surface area contributed by atoms with Gasteiger partial charge in [0.05, 0.1) is 35.9 Å². The molecule has 0 atom stereocenters. The molecule has 1 aromatic heterocycles. The lowest BCUT2D eigenvalue weighted by molar-refractivity contribution is -0.385. The quantitative estimate of drug-likeness (QED) is 0.420. The van der Waals surface area contributed by atoms with Crippen LogP contribution in [0.15, 0.2) is 53.4 Å². The first-order chi connectivity index (χ1) is 14.1. The molecule has 9 nitrogen and oxygen atoms in total. The molecule has 0 fully saturated rings. The van der Waals surface area contributed by atoms with E-state index in [1.807, 2.05) is 30.3 Å². The van der Waals surface area contributed by atoms with Gasteiger partial charge in [0, 0.05) is 11.4 Å². The molecule has 0 aliphatic rings. The van der Waals surface area contributed by atoms with Crippen LogP contribution in [0.5, 0.6) is 11.5 Å². The van der Waals surface area contributed by atoms with Crippen LogP contribution >= 0.6 is 11.3 Å². The van der Waals surface area contributed by atoms with Gasteiger partial charge < -0.3 is 9.47 Å². The molecule has 0 saturated heterocycles. The molecule has 0 radical (unpaired) electrons. The summed E-state index contributed by atoms with van der Waals surface area (Å²) in [5.41, 5.74) is 4.75. The Balaban J connectivity index is 1.75. The maximum atomic E-state index is 12.4. The van der Waals surface area contributed by atoms with Crippen molar-refractivity contribution in [1.29, 1.82) is 0 Å². The Kier molecular flexibility index (Phi) is 6.72. The van der Waals surface area contributed by atoms with Gasteiger partial charge >= 0.3 is 0 Å². The number of rotatable bonds is 9. The lowest BCUT2D eigenvalue weighted by atomic mass is 10.1. The Morgan fingerprint density at radius 2 is 2.00 bits per heavy atom. The van der Waals surface area contributed by atoms with Crippen molar-refractivity contribution in [3.8, 4) is 11.5 Å². The first-order valence-electron chi connectivity index (χ1n) is 8.41. The second kappa shape index (κ2) is 9.62. The molecule has 0 spiro atoms. The molecule has 1 heterocycles. The number of nitrogens with zero attached hydrogens (tertiary/aromatic N) is 2. The van der Waals surface area contributed by atoms with E-state index in [1.54, 1.807) is 10.9 Å². The summed E-state index contributed by atoms with van der Waals surface area (Å²) in [7, 11) is 1.38. The van der Waals surface area contributed by atoms with Gasteiger partial charge in [-0.25, -0.2) is 10.5 Å². The number of nitrogens with one attached hydrogen (secondary N) is 1. The number of amides is 1. The van der Waals surface area contributed by atoms with Crippen molar-refractivity contribution in [2.45, 2.75) is 13.2 Å². The molecule has 1 amide bonds. The van der Waals surface area contributed by atoms with E-state index in [1.165, 1.54) is 24.5 Å². The highest BCUT2D eigenvalue weighted by molar-refractivity contribution is 7.07.